The van der Waals surface area contributed by atoms with Crippen LogP contribution in [0.1, 0.15) is 34.2 Å². The number of aromatic nitrogens is 1. The van der Waals surface area contributed by atoms with E-state index < -0.39 is 0 Å². The molecule has 3 aromatic rings. The van der Waals surface area contributed by atoms with Crippen molar-refractivity contribution >= 4 is 30.9 Å². The average Bonchev–Trinajstić information content (AvgIpc) is 3.12. The Labute approximate surface area is 201 Å². The number of amides is 1. The molecular formula is C25H27Cl2N3O2. The van der Waals surface area contributed by atoms with Crippen molar-refractivity contribution in [2.75, 3.05) is 26.2 Å². The van der Waals surface area contributed by atoms with Crippen molar-refractivity contribution in [3.63, 3.8) is 0 Å². The van der Waals surface area contributed by atoms with Gasteiger partial charge in [-0.3, -0.25) is 9.88 Å². The zero-order valence-electron chi connectivity index (χ0n) is 17.9. The molecule has 1 amide bonds. The van der Waals surface area contributed by atoms with E-state index in [4.69, 9.17) is 4.74 Å². The summed E-state index contributed by atoms with van der Waals surface area (Å²) in [5.41, 5.74) is 7.13. The second-order valence-electron chi connectivity index (χ2n) is 7.95. The molecule has 32 heavy (non-hydrogen) atoms. The monoisotopic (exact) mass is 471 g/mol. The molecule has 1 aromatic heterocycles. The number of fused-ring (bicyclic) bond motifs is 3. The fourth-order valence-corrected chi connectivity index (χ4v) is 4.70. The van der Waals surface area contributed by atoms with E-state index in [0.29, 0.717) is 19.7 Å². The number of hydrogen-bond donors (Lipinski definition) is 1. The molecule has 5 nitrogen and oxygen atoms in total. The molecule has 168 valence electrons. The first-order chi connectivity index (χ1) is 14.7. The maximum Gasteiger partial charge on any atom is 0.410 e. The van der Waals surface area contributed by atoms with Crippen LogP contribution in [-0.4, -0.2) is 42.2 Å². The zero-order valence-corrected chi connectivity index (χ0v) is 19.5. The summed E-state index contributed by atoms with van der Waals surface area (Å²) in [6, 6.07) is 18.7. The van der Waals surface area contributed by atoms with E-state index in [2.05, 4.69) is 65.8 Å². The number of piperazine rings is 1. The van der Waals surface area contributed by atoms with Crippen LogP contribution in [0.5, 0.6) is 0 Å². The summed E-state index contributed by atoms with van der Waals surface area (Å²) in [5.74, 6) is 0.0721. The van der Waals surface area contributed by atoms with E-state index in [1.54, 1.807) is 6.20 Å². The number of nitrogens with one attached hydrogen (secondary N) is 1. The van der Waals surface area contributed by atoms with Gasteiger partial charge in [-0.15, -0.1) is 24.8 Å². The molecule has 0 radical (unpaired) electrons. The zero-order chi connectivity index (χ0) is 20.5. The molecule has 1 saturated heterocycles. The van der Waals surface area contributed by atoms with Crippen LogP contribution in [0.3, 0.4) is 0 Å². The smallest absolute Gasteiger partial charge is 0.410 e. The molecule has 1 unspecified atom stereocenters. The number of ether oxygens (including phenoxy) is 1. The van der Waals surface area contributed by atoms with Crippen molar-refractivity contribution in [3.8, 4) is 11.1 Å². The number of pyridine rings is 1. The predicted octanol–water partition coefficient (Wildman–Crippen LogP) is 5.13. The van der Waals surface area contributed by atoms with Gasteiger partial charge in [-0.05, 0) is 46.4 Å². The molecule has 2 heterocycles. The summed E-state index contributed by atoms with van der Waals surface area (Å²) in [4.78, 5) is 19.2. The SMILES string of the molecule is Cc1ccncc1C1CNCCN1C(=O)OCC1c2ccccc2-c2ccccc21.Cl.Cl. The van der Waals surface area contributed by atoms with Crippen LogP contribution in [0.25, 0.3) is 11.1 Å². The topological polar surface area (TPSA) is 54.5 Å². The second kappa shape index (κ2) is 10.3. The lowest BCUT2D eigenvalue weighted by Gasteiger charge is -2.36. The van der Waals surface area contributed by atoms with Gasteiger partial charge in [0.2, 0.25) is 0 Å². The van der Waals surface area contributed by atoms with Crippen LogP contribution >= 0.6 is 24.8 Å². The van der Waals surface area contributed by atoms with Gasteiger partial charge in [0.15, 0.2) is 0 Å². The highest BCUT2D eigenvalue weighted by Gasteiger charge is 2.33. The van der Waals surface area contributed by atoms with Crippen LogP contribution < -0.4 is 5.32 Å². The van der Waals surface area contributed by atoms with Crippen molar-refractivity contribution in [1.82, 2.24) is 15.2 Å². The Kier molecular flexibility index (Phi) is 7.77. The fourth-order valence-electron chi connectivity index (χ4n) is 4.70. The summed E-state index contributed by atoms with van der Waals surface area (Å²) in [6.45, 7) is 4.49. The van der Waals surface area contributed by atoms with Crippen molar-refractivity contribution < 1.29 is 9.53 Å². The van der Waals surface area contributed by atoms with Crippen molar-refractivity contribution in [2.24, 2.45) is 0 Å². The molecule has 1 fully saturated rings. The normalized spacial score (nSPS) is 16.9. The van der Waals surface area contributed by atoms with E-state index in [-0.39, 0.29) is 42.9 Å². The quantitative estimate of drug-likeness (QED) is 0.575. The van der Waals surface area contributed by atoms with Crippen LogP contribution in [0, 0.1) is 6.92 Å². The molecular weight excluding hydrogens is 445 g/mol. The van der Waals surface area contributed by atoms with Crippen LogP contribution in [0.15, 0.2) is 67.0 Å². The minimum atomic E-state index is -0.258. The number of hydrogen-bond acceptors (Lipinski definition) is 4. The molecule has 1 N–H and O–H groups in total. The van der Waals surface area contributed by atoms with Crippen molar-refractivity contribution in [3.05, 3.63) is 89.2 Å². The van der Waals surface area contributed by atoms with Gasteiger partial charge in [-0.1, -0.05) is 48.5 Å². The third kappa shape index (κ3) is 4.33. The Hall–Kier alpha value is -2.60. The molecule has 0 saturated carbocycles. The third-order valence-corrected chi connectivity index (χ3v) is 6.25. The molecule has 1 aliphatic carbocycles. The number of carbonyl (C=O) groups excluding carboxylic acids is 1. The second-order valence-corrected chi connectivity index (χ2v) is 7.95. The number of halogens is 2. The Morgan fingerprint density at radius 1 is 1.03 bits per heavy atom. The summed E-state index contributed by atoms with van der Waals surface area (Å²) >= 11 is 0. The number of rotatable bonds is 3. The molecule has 1 atom stereocenters. The average molecular weight is 472 g/mol. The lowest BCUT2D eigenvalue weighted by atomic mass is 9.98. The van der Waals surface area contributed by atoms with E-state index in [0.717, 1.165) is 17.7 Å². The highest BCUT2D eigenvalue weighted by molar-refractivity contribution is 5.85. The third-order valence-electron chi connectivity index (χ3n) is 6.25. The maximum atomic E-state index is 13.1. The van der Waals surface area contributed by atoms with Crippen LogP contribution in [0.2, 0.25) is 0 Å². The highest BCUT2D eigenvalue weighted by Crippen LogP contribution is 2.44. The molecule has 2 aromatic carbocycles. The highest BCUT2D eigenvalue weighted by atomic mass is 35.5. The molecule has 1 aliphatic heterocycles. The van der Waals surface area contributed by atoms with Gasteiger partial charge in [0, 0.05) is 37.9 Å². The van der Waals surface area contributed by atoms with Crippen molar-refractivity contribution in [1.29, 1.82) is 0 Å². The van der Waals surface area contributed by atoms with E-state index in [1.807, 2.05) is 17.2 Å². The summed E-state index contributed by atoms with van der Waals surface area (Å²) in [7, 11) is 0. The van der Waals surface area contributed by atoms with Gasteiger partial charge in [0.1, 0.15) is 6.61 Å². The van der Waals surface area contributed by atoms with Crippen molar-refractivity contribution in [2.45, 2.75) is 18.9 Å². The number of benzene rings is 2. The molecule has 0 bridgehead atoms. The first-order valence-corrected chi connectivity index (χ1v) is 10.5. The van der Waals surface area contributed by atoms with Gasteiger partial charge < -0.3 is 10.1 Å². The van der Waals surface area contributed by atoms with Gasteiger partial charge in [-0.25, -0.2) is 4.79 Å². The van der Waals surface area contributed by atoms with Gasteiger partial charge >= 0.3 is 6.09 Å². The maximum absolute atomic E-state index is 13.1. The fraction of sp³-hybridized carbons (Fsp3) is 0.280. The summed E-state index contributed by atoms with van der Waals surface area (Å²) in [6.07, 6.45) is 3.38. The van der Waals surface area contributed by atoms with Gasteiger partial charge in [-0.2, -0.15) is 0 Å². The van der Waals surface area contributed by atoms with E-state index in [1.165, 1.54) is 22.3 Å². The van der Waals surface area contributed by atoms with E-state index in [9.17, 15) is 4.79 Å². The summed E-state index contributed by atoms with van der Waals surface area (Å²) < 4.78 is 5.91. The Morgan fingerprint density at radius 3 is 2.34 bits per heavy atom. The van der Waals surface area contributed by atoms with E-state index >= 15 is 0 Å². The minimum absolute atomic E-state index is 0. The first-order valence-electron chi connectivity index (χ1n) is 10.5. The Morgan fingerprint density at radius 2 is 1.69 bits per heavy atom. The number of nitrogens with zero attached hydrogens (tertiary/aromatic N) is 2. The number of carbonyl (C=O) groups is 1. The number of aryl methyl sites for hydroxylation is 1. The van der Waals surface area contributed by atoms with Crippen LogP contribution in [-0.2, 0) is 4.74 Å². The molecule has 5 rings (SSSR count). The van der Waals surface area contributed by atoms with Gasteiger partial charge in [0.05, 0.1) is 6.04 Å². The Balaban J connectivity index is 0.00000144. The molecule has 0 spiro atoms. The predicted molar refractivity (Wildman–Crippen MR) is 131 cm³/mol. The molecule has 7 heteroatoms. The Bertz CT molecular complexity index is 1050. The standard InChI is InChI=1S/C25H25N3O2.2ClH/c1-17-10-11-26-14-22(17)24-15-27-12-13-28(24)25(29)30-16-23-20-8-4-2-6-18(20)19-7-3-5-9-21(19)23;;/h2-11,14,23-24,27H,12-13,15-16H2,1H3;2*1H. The first kappa shape index (κ1) is 24.1. The van der Waals surface area contributed by atoms with Crippen LogP contribution in [0.4, 0.5) is 4.79 Å². The minimum Gasteiger partial charge on any atom is -0.448 e. The lowest BCUT2D eigenvalue weighted by molar-refractivity contribution is 0.0750. The molecule has 2 aliphatic rings. The largest absolute Gasteiger partial charge is 0.448 e. The lowest BCUT2D eigenvalue weighted by Crippen LogP contribution is -2.49. The van der Waals surface area contributed by atoms with Gasteiger partial charge in [0.25, 0.3) is 0 Å². The summed E-state index contributed by atoms with van der Waals surface area (Å²) in [5, 5.41) is 3.39.